The summed E-state index contributed by atoms with van der Waals surface area (Å²) in [6.45, 7) is 2.45. The maximum Gasteiger partial charge on any atom is 0.243 e. The van der Waals surface area contributed by atoms with Gasteiger partial charge in [-0.2, -0.15) is 4.31 Å². The molecule has 3 aromatic carbocycles. The number of benzene rings is 3. The van der Waals surface area contributed by atoms with E-state index in [4.69, 9.17) is 0 Å². The Morgan fingerprint density at radius 2 is 1.50 bits per heavy atom. The van der Waals surface area contributed by atoms with Gasteiger partial charge in [0.2, 0.25) is 10.0 Å². The van der Waals surface area contributed by atoms with Crippen molar-refractivity contribution in [2.24, 2.45) is 0 Å². The zero-order chi connectivity index (χ0) is 21.2. The quantitative estimate of drug-likeness (QED) is 0.501. The van der Waals surface area contributed by atoms with Crippen molar-refractivity contribution in [3.8, 4) is 11.8 Å². The van der Waals surface area contributed by atoms with E-state index in [0.717, 1.165) is 16.7 Å². The van der Waals surface area contributed by atoms with E-state index in [2.05, 4.69) is 11.8 Å². The van der Waals surface area contributed by atoms with Crippen LogP contribution in [0.4, 0.5) is 0 Å². The van der Waals surface area contributed by atoms with Gasteiger partial charge < -0.3 is 0 Å². The normalized spacial score (nSPS) is 11.4. The summed E-state index contributed by atoms with van der Waals surface area (Å²) < 4.78 is 27.8. The zero-order valence-electron chi connectivity index (χ0n) is 17.0. The molecule has 0 N–H and O–H groups in total. The lowest BCUT2D eigenvalue weighted by Gasteiger charge is -2.19. The van der Waals surface area contributed by atoms with Gasteiger partial charge in [0.1, 0.15) is 0 Å². The van der Waals surface area contributed by atoms with Crippen LogP contribution >= 0.6 is 0 Å². The van der Waals surface area contributed by atoms with Crippen LogP contribution in [0.2, 0.25) is 0 Å². The van der Waals surface area contributed by atoms with E-state index in [-0.39, 0.29) is 6.54 Å². The fourth-order valence-electron chi connectivity index (χ4n) is 2.90. The maximum atomic E-state index is 13.2. The van der Waals surface area contributed by atoms with Crippen molar-refractivity contribution in [1.29, 1.82) is 0 Å². The Hall–Kier alpha value is -3.13. The molecule has 152 valence electrons. The molecule has 0 radical (unpaired) electrons. The summed E-state index contributed by atoms with van der Waals surface area (Å²) in [6.07, 6.45) is 4.61. The molecule has 0 aromatic heterocycles. The Balaban J connectivity index is 1.76. The Bertz CT molecular complexity index is 1120. The number of sulfonamides is 1. The lowest BCUT2D eigenvalue weighted by atomic mass is 10.2. The van der Waals surface area contributed by atoms with E-state index in [1.165, 1.54) is 4.31 Å². The van der Waals surface area contributed by atoms with E-state index < -0.39 is 10.0 Å². The van der Waals surface area contributed by atoms with Gasteiger partial charge in [-0.3, -0.25) is 0 Å². The van der Waals surface area contributed by atoms with Crippen molar-refractivity contribution in [3.63, 3.8) is 0 Å². The molecule has 3 aromatic rings. The molecule has 0 bridgehead atoms. The van der Waals surface area contributed by atoms with Gasteiger partial charge in [0.25, 0.3) is 0 Å². The van der Waals surface area contributed by atoms with Crippen LogP contribution in [-0.4, -0.2) is 25.8 Å². The minimum Gasteiger partial charge on any atom is -0.207 e. The summed E-state index contributed by atoms with van der Waals surface area (Å²) in [7, 11) is -3.62. The highest BCUT2D eigenvalue weighted by Crippen LogP contribution is 2.17. The second-order valence-corrected chi connectivity index (χ2v) is 8.86. The third kappa shape index (κ3) is 6.18. The smallest absolute Gasteiger partial charge is 0.207 e. The number of hydrogen-bond donors (Lipinski definition) is 0. The van der Waals surface area contributed by atoms with Crippen LogP contribution in [0.15, 0.2) is 95.9 Å². The molecule has 0 atom stereocenters. The molecule has 0 spiro atoms. The molecule has 0 aliphatic heterocycles. The highest BCUT2D eigenvalue weighted by Gasteiger charge is 2.22. The fraction of sp³-hybridized carbons (Fsp3) is 0.154. The molecule has 0 aliphatic rings. The largest absolute Gasteiger partial charge is 0.243 e. The summed E-state index contributed by atoms with van der Waals surface area (Å²) in [5.41, 5.74) is 2.98. The molecular formula is C26H25NO2S. The van der Waals surface area contributed by atoms with Crippen LogP contribution in [0.5, 0.6) is 0 Å². The van der Waals surface area contributed by atoms with Gasteiger partial charge in [-0.25, -0.2) is 8.42 Å². The summed E-state index contributed by atoms with van der Waals surface area (Å²) >= 11 is 0. The van der Waals surface area contributed by atoms with E-state index in [0.29, 0.717) is 17.9 Å². The lowest BCUT2D eigenvalue weighted by Crippen LogP contribution is -2.32. The molecule has 0 saturated heterocycles. The van der Waals surface area contributed by atoms with Crippen LogP contribution < -0.4 is 0 Å². The predicted octanol–water partition coefficient (Wildman–Crippen LogP) is 5.14. The summed E-state index contributed by atoms with van der Waals surface area (Å²) in [5, 5.41) is 0. The van der Waals surface area contributed by atoms with Gasteiger partial charge in [0.15, 0.2) is 0 Å². The van der Waals surface area contributed by atoms with Crippen molar-refractivity contribution >= 4 is 16.1 Å². The number of nitrogens with zero attached hydrogens (tertiary/aromatic N) is 1. The second-order valence-electron chi connectivity index (χ2n) is 6.92. The lowest BCUT2D eigenvalue weighted by molar-refractivity contribution is 0.452. The average Bonchev–Trinajstić information content (AvgIpc) is 2.77. The SMILES string of the molecule is Cc1ccc(S(=O)(=O)N(CC#Cc2ccccc2)CC/C=C/c2ccccc2)cc1. The third-order valence-corrected chi connectivity index (χ3v) is 6.44. The molecule has 0 heterocycles. The Morgan fingerprint density at radius 3 is 2.17 bits per heavy atom. The molecule has 3 nitrogen and oxygen atoms in total. The average molecular weight is 416 g/mol. The van der Waals surface area contributed by atoms with Gasteiger partial charge in [0.05, 0.1) is 11.4 Å². The Morgan fingerprint density at radius 1 is 0.867 bits per heavy atom. The van der Waals surface area contributed by atoms with Gasteiger partial charge in [-0.15, -0.1) is 0 Å². The summed E-state index contributed by atoms with van der Waals surface area (Å²) in [4.78, 5) is 0.293. The molecule has 0 aliphatic carbocycles. The first-order valence-electron chi connectivity index (χ1n) is 9.88. The van der Waals surface area contributed by atoms with Crippen molar-refractivity contribution in [2.45, 2.75) is 18.2 Å². The molecular weight excluding hydrogens is 390 g/mol. The molecule has 3 rings (SSSR count). The topological polar surface area (TPSA) is 37.4 Å². The van der Waals surface area contributed by atoms with Gasteiger partial charge in [-0.1, -0.05) is 90.2 Å². The van der Waals surface area contributed by atoms with E-state index in [9.17, 15) is 8.42 Å². The van der Waals surface area contributed by atoms with Crippen LogP contribution in [0.1, 0.15) is 23.1 Å². The van der Waals surface area contributed by atoms with Crippen LogP contribution in [0, 0.1) is 18.8 Å². The Labute approximate surface area is 179 Å². The van der Waals surface area contributed by atoms with Crippen LogP contribution in [-0.2, 0) is 10.0 Å². The third-order valence-electron chi connectivity index (χ3n) is 4.58. The number of aryl methyl sites for hydroxylation is 1. The van der Waals surface area contributed by atoms with E-state index in [1.54, 1.807) is 12.1 Å². The maximum absolute atomic E-state index is 13.2. The Kier molecular flexibility index (Phi) is 7.62. The van der Waals surface area contributed by atoms with Crippen LogP contribution in [0.25, 0.3) is 6.08 Å². The molecule has 0 unspecified atom stereocenters. The number of hydrogen-bond acceptors (Lipinski definition) is 2. The molecule has 0 saturated carbocycles. The highest BCUT2D eigenvalue weighted by molar-refractivity contribution is 7.89. The molecule has 0 fully saturated rings. The summed E-state index contributed by atoms with van der Waals surface area (Å²) in [5.74, 6) is 6.07. The van der Waals surface area contributed by atoms with Crippen molar-refractivity contribution in [1.82, 2.24) is 4.31 Å². The van der Waals surface area contributed by atoms with Gasteiger partial charge >= 0.3 is 0 Å². The molecule has 4 heteroatoms. The van der Waals surface area contributed by atoms with Crippen LogP contribution in [0.3, 0.4) is 0 Å². The monoisotopic (exact) mass is 415 g/mol. The minimum absolute atomic E-state index is 0.143. The fourth-order valence-corrected chi connectivity index (χ4v) is 4.26. The molecule has 0 amide bonds. The minimum atomic E-state index is -3.62. The van der Waals surface area contributed by atoms with E-state index >= 15 is 0 Å². The summed E-state index contributed by atoms with van der Waals surface area (Å²) in [6, 6.07) is 26.5. The van der Waals surface area contributed by atoms with E-state index in [1.807, 2.05) is 91.9 Å². The predicted molar refractivity (Wildman–Crippen MR) is 123 cm³/mol. The number of rotatable bonds is 7. The van der Waals surface area contributed by atoms with Crippen molar-refractivity contribution < 1.29 is 8.42 Å². The standard InChI is InChI=1S/C26H25NO2S/c1-23-17-19-26(20-18-23)30(28,29)27(22-10-16-25-13-6-3-7-14-25)21-9-8-15-24-11-4-2-5-12-24/h2-8,11-15,17-20H,9,21-22H2,1H3/b15-8+. The second kappa shape index (κ2) is 10.6. The zero-order valence-corrected chi connectivity index (χ0v) is 17.8. The van der Waals surface area contributed by atoms with Gasteiger partial charge in [0, 0.05) is 12.1 Å². The van der Waals surface area contributed by atoms with Crippen molar-refractivity contribution in [2.75, 3.05) is 13.1 Å². The first-order valence-corrected chi connectivity index (χ1v) is 11.3. The first kappa shape index (κ1) is 21.6. The highest BCUT2D eigenvalue weighted by atomic mass is 32.2. The van der Waals surface area contributed by atoms with Crippen molar-refractivity contribution in [3.05, 3.63) is 108 Å². The molecule has 30 heavy (non-hydrogen) atoms. The van der Waals surface area contributed by atoms with Gasteiger partial charge in [-0.05, 0) is 43.2 Å². The first-order chi connectivity index (χ1) is 14.6.